The first-order valence-electron chi connectivity index (χ1n) is 5.35. The van der Waals surface area contributed by atoms with Gasteiger partial charge in [-0.15, -0.1) is 0 Å². The van der Waals surface area contributed by atoms with E-state index in [-0.39, 0.29) is 16.7 Å². The first-order chi connectivity index (χ1) is 9.06. The van der Waals surface area contributed by atoms with E-state index in [1.807, 2.05) is 0 Å². The number of benzene rings is 1. The van der Waals surface area contributed by atoms with Gasteiger partial charge < -0.3 is 14.6 Å². The van der Waals surface area contributed by atoms with E-state index in [1.54, 1.807) is 0 Å². The summed E-state index contributed by atoms with van der Waals surface area (Å²) in [6, 6.07) is 5.26. The van der Waals surface area contributed by atoms with Crippen molar-refractivity contribution in [1.29, 1.82) is 0 Å². The number of fused-ring (bicyclic) bond motifs is 3. The molecule has 3 rings (SSSR count). The second-order valence-corrected chi connectivity index (χ2v) is 3.98. The number of nitrogens with zero attached hydrogens (tertiary/aromatic N) is 1. The van der Waals surface area contributed by atoms with E-state index < -0.39 is 17.2 Å². The maximum absolute atomic E-state index is 11.8. The molecular weight excluding hydrogens is 250 g/mol. The lowest BCUT2D eigenvalue weighted by Crippen LogP contribution is -2.06. The summed E-state index contributed by atoms with van der Waals surface area (Å²) in [6.07, 6.45) is 1.30. The molecular formula is C13H7NO5. The Bertz CT molecular complexity index is 881. The molecule has 2 aromatic heterocycles. The number of aromatic carboxylic acids is 1. The van der Waals surface area contributed by atoms with Crippen LogP contribution >= 0.6 is 0 Å². The fourth-order valence-electron chi connectivity index (χ4n) is 1.88. The Morgan fingerprint density at radius 3 is 2.74 bits per heavy atom. The van der Waals surface area contributed by atoms with Crippen molar-refractivity contribution >= 4 is 27.8 Å². The number of carboxylic acids is 1. The molecule has 2 N–H and O–H groups in total. The van der Waals surface area contributed by atoms with Gasteiger partial charge in [-0.05, 0) is 12.1 Å². The molecule has 0 amide bonds. The van der Waals surface area contributed by atoms with Crippen molar-refractivity contribution in [3.05, 3.63) is 46.4 Å². The molecule has 3 aromatic rings. The molecule has 6 nitrogen and oxygen atoms in total. The van der Waals surface area contributed by atoms with Crippen LogP contribution in [0.1, 0.15) is 10.6 Å². The van der Waals surface area contributed by atoms with Crippen LogP contribution < -0.4 is 5.43 Å². The van der Waals surface area contributed by atoms with Crippen LogP contribution in [0, 0.1) is 0 Å². The molecule has 2 heterocycles. The third-order valence-corrected chi connectivity index (χ3v) is 2.75. The Hall–Kier alpha value is -2.89. The van der Waals surface area contributed by atoms with Gasteiger partial charge in [0.25, 0.3) is 0 Å². The van der Waals surface area contributed by atoms with Gasteiger partial charge >= 0.3 is 5.97 Å². The fourth-order valence-corrected chi connectivity index (χ4v) is 1.88. The standard InChI is InChI=1S/C13H7NO5/c15-6-1-2-7-9(3-6)14-5-8-10(16)4-11(13(17)18)19-12(7)8/h1-5,15H,(H,17,18). The highest BCUT2D eigenvalue weighted by Gasteiger charge is 2.13. The van der Waals surface area contributed by atoms with Gasteiger partial charge in [0, 0.05) is 23.7 Å². The van der Waals surface area contributed by atoms with E-state index in [9.17, 15) is 14.7 Å². The van der Waals surface area contributed by atoms with E-state index in [0.717, 1.165) is 6.07 Å². The molecule has 6 heteroatoms. The Labute approximate surface area is 105 Å². The minimum Gasteiger partial charge on any atom is -0.508 e. The molecule has 0 aliphatic carbocycles. The molecule has 0 bridgehead atoms. The first kappa shape index (κ1) is 11.2. The number of rotatable bonds is 1. The minimum absolute atomic E-state index is 0.0242. The quantitative estimate of drug-likeness (QED) is 0.644. The normalized spacial score (nSPS) is 10.9. The van der Waals surface area contributed by atoms with Crippen molar-refractivity contribution in [2.24, 2.45) is 0 Å². The number of hydrogen-bond donors (Lipinski definition) is 2. The van der Waals surface area contributed by atoms with Gasteiger partial charge in [-0.2, -0.15) is 0 Å². The van der Waals surface area contributed by atoms with Gasteiger partial charge in [0.05, 0.1) is 10.9 Å². The molecule has 0 radical (unpaired) electrons. The lowest BCUT2D eigenvalue weighted by atomic mass is 10.1. The van der Waals surface area contributed by atoms with Crippen molar-refractivity contribution < 1.29 is 19.4 Å². The van der Waals surface area contributed by atoms with Gasteiger partial charge in [0.1, 0.15) is 11.3 Å². The van der Waals surface area contributed by atoms with E-state index in [2.05, 4.69) is 4.98 Å². The van der Waals surface area contributed by atoms with Crippen molar-refractivity contribution in [3.8, 4) is 5.75 Å². The largest absolute Gasteiger partial charge is 0.508 e. The molecule has 94 valence electrons. The highest BCUT2D eigenvalue weighted by atomic mass is 16.4. The number of phenolic OH excluding ortho intramolecular Hbond substituents is 1. The summed E-state index contributed by atoms with van der Waals surface area (Å²) in [5, 5.41) is 18.9. The number of aromatic hydroxyl groups is 1. The maximum atomic E-state index is 11.8. The lowest BCUT2D eigenvalue weighted by Gasteiger charge is -2.03. The number of carboxylic acid groups (broad SMARTS) is 1. The Balaban J connectivity index is 2.53. The first-order valence-corrected chi connectivity index (χ1v) is 5.35. The van der Waals surface area contributed by atoms with Crippen LogP contribution in [-0.4, -0.2) is 21.2 Å². The average molecular weight is 257 g/mol. The third kappa shape index (κ3) is 1.70. The van der Waals surface area contributed by atoms with E-state index in [4.69, 9.17) is 9.52 Å². The Kier molecular flexibility index (Phi) is 2.25. The van der Waals surface area contributed by atoms with E-state index >= 15 is 0 Å². The molecule has 19 heavy (non-hydrogen) atoms. The van der Waals surface area contributed by atoms with Crippen LogP contribution in [0.15, 0.2) is 39.7 Å². The van der Waals surface area contributed by atoms with E-state index in [1.165, 1.54) is 24.4 Å². The monoisotopic (exact) mass is 257 g/mol. The van der Waals surface area contributed by atoms with Gasteiger partial charge in [-0.1, -0.05) is 0 Å². The molecule has 0 fully saturated rings. The van der Waals surface area contributed by atoms with Crippen molar-refractivity contribution in [2.75, 3.05) is 0 Å². The van der Waals surface area contributed by atoms with Gasteiger partial charge in [0.15, 0.2) is 5.43 Å². The van der Waals surface area contributed by atoms with Crippen molar-refractivity contribution in [2.45, 2.75) is 0 Å². The average Bonchev–Trinajstić information content (AvgIpc) is 2.37. The molecule has 0 saturated heterocycles. The van der Waals surface area contributed by atoms with Gasteiger partial charge in [-0.3, -0.25) is 9.78 Å². The minimum atomic E-state index is -1.32. The smallest absolute Gasteiger partial charge is 0.371 e. The van der Waals surface area contributed by atoms with E-state index in [0.29, 0.717) is 10.9 Å². The molecule has 0 spiro atoms. The molecule has 0 atom stereocenters. The van der Waals surface area contributed by atoms with Gasteiger partial charge in [-0.25, -0.2) is 4.79 Å². The Morgan fingerprint density at radius 1 is 1.21 bits per heavy atom. The van der Waals surface area contributed by atoms with Crippen molar-refractivity contribution in [1.82, 2.24) is 4.98 Å². The number of carbonyl (C=O) groups is 1. The summed E-state index contributed by atoms with van der Waals surface area (Å²) in [5.74, 6) is -1.73. The van der Waals surface area contributed by atoms with Gasteiger partial charge in [0.2, 0.25) is 5.76 Å². The predicted octanol–water partition coefficient (Wildman–Crippen LogP) is 1.74. The summed E-state index contributed by atoms with van der Waals surface area (Å²) >= 11 is 0. The third-order valence-electron chi connectivity index (χ3n) is 2.75. The number of phenols is 1. The maximum Gasteiger partial charge on any atom is 0.371 e. The van der Waals surface area contributed by atoms with Crippen LogP contribution in [-0.2, 0) is 0 Å². The molecule has 0 aliphatic rings. The number of hydrogen-bond acceptors (Lipinski definition) is 5. The van der Waals surface area contributed by atoms with Crippen LogP contribution in [0.3, 0.4) is 0 Å². The summed E-state index contributed by atoms with van der Waals surface area (Å²) in [6.45, 7) is 0. The predicted molar refractivity (Wildman–Crippen MR) is 66.4 cm³/mol. The summed E-state index contributed by atoms with van der Waals surface area (Å²) in [7, 11) is 0. The SMILES string of the molecule is O=C(O)c1cc(=O)c2cnc3cc(O)ccc3c2o1. The molecule has 0 unspecified atom stereocenters. The molecule has 0 saturated carbocycles. The Morgan fingerprint density at radius 2 is 2.00 bits per heavy atom. The fraction of sp³-hybridized carbons (Fsp3) is 0. The zero-order chi connectivity index (χ0) is 13.6. The lowest BCUT2D eigenvalue weighted by molar-refractivity contribution is 0.0663. The zero-order valence-electron chi connectivity index (χ0n) is 9.45. The second-order valence-electron chi connectivity index (χ2n) is 3.98. The number of aromatic nitrogens is 1. The number of pyridine rings is 1. The summed E-state index contributed by atoms with van der Waals surface area (Å²) < 4.78 is 5.24. The second kappa shape index (κ2) is 3.81. The molecule has 0 aliphatic heterocycles. The van der Waals surface area contributed by atoms with Crippen LogP contribution in [0.5, 0.6) is 5.75 Å². The van der Waals surface area contributed by atoms with Crippen molar-refractivity contribution in [3.63, 3.8) is 0 Å². The van der Waals surface area contributed by atoms with Crippen LogP contribution in [0.25, 0.3) is 21.9 Å². The highest BCUT2D eigenvalue weighted by molar-refractivity contribution is 6.02. The topological polar surface area (TPSA) is 101 Å². The van der Waals surface area contributed by atoms with Crippen LogP contribution in [0.4, 0.5) is 0 Å². The summed E-state index contributed by atoms with van der Waals surface area (Å²) in [4.78, 5) is 26.7. The molecule has 1 aromatic carbocycles. The highest BCUT2D eigenvalue weighted by Crippen LogP contribution is 2.25. The zero-order valence-corrected chi connectivity index (χ0v) is 9.45. The van der Waals surface area contributed by atoms with Crippen LogP contribution in [0.2, 0.25) is 0 Å². The summed E-state index contributed by atoms with van der Waals surface area (Å²) in [5.41, 5.74) is 0.0919.